The predicted molar refractivity (Wildman–Crippen MR) is 77.7 cm³/mol. The van der Waals surface area contributed by atoms with E-state index in [0.29, 0.717) is 10.2 Å². The van der Waals surface area contributed by atoms with Gasteiger partial charge in [-0.2, -0.15) is 0 Å². The highest BCUT2D eigenvalue weighted by molar-refractivity contribution is 9.10. The summed E-state index contributed by atoms with van der Waals surface area (Å²) in [6, 6.07) is 7.75. The Bertz CT molecular complexity index is 671. The van der Waals surface area contributed by atoms with Crippen molar-refractivity contribution < 1.29 is 9.72 Å². The Morgan fingerprint density at radius 3 is 2.70 bits per heavy atom. The van der Waals surface area contributed by atoms with Crippen LogP contribution in [-0.2, 0) is 0 Å². The van der Waals surface area contributed by atoms with Gasteiger partial charge in [-0.15, -0.1) is 0 Å². The molecule has 1 aromatic carbocycles. The number of rotatable bonds is 3. The molecule has 0 fully saturated rings. The number of carbonyl (C=O) groups excluding carboxylic acids is 1. The first-order valence-corrected chi connectivity index (χ1v) is 6.44. The van der Waals surface area contributed by atoms with Crippen LogP contribution in [0.15, 0.2) is 41.1 Å². The Balaban J connectivity index is 2.29. The molecular weight excluding hydrogens is 326 g/mol. The predicted octanol–water partition coefficient (Wildman–Crippen LogP) is 3.31. The minimum atomic E-state index is -0.533. The monoisotopic (exact) mass is 335 g/mol. The fourth-order valence-corrected chi connectivity index (χ4v) is 1.85. The van der Waals surface area contributed by atoms with Crippen molar-refractivity contribution in [3.63, 3.8) is 0 Å². The maximum Gasteiger partial charge on any atom is 0.292 e. The summed E-state index contributed by atoms with van der Waals surface area (Å²) in [5.74, 6) is -0.446. The van der Waals surface area contributed by atoms with Crippen LogP contribution in [0.4, 0.5) is 11.4 Å². The second-order valence-electron chi connectivity index (χ2n) is 4.10. The molecule has 102 valence electrons. The summed E-state index contributed by atoms with van der Waals surface area (Å²) >= 11 is 3.17. The minimum Gasteiger partial charge on any atom is -0.316 e. The summed E-state index contributed by atoms with van der Waals surface area (Å²) in [6.45, 7) is 1.79. The lowest BCUT2D eigenvalue weighted by Gasteiger charge is -2.06. The van der Waals surface area contributed by atoms with Crippen molar-refractivity contribution in [2.45, 2.75) is 6.92 Å². The lowest BCUT2D eigenvalue weighted by atomic mass is 10.2. The molecule has 1 amide bonds. The van der Waals surface area contributed by atoms with Crippen LogP contribution in [0.1, 0.15) is 15.9 Å². The Morgan fingerprint density at radius 1 is 1.35 bits per heavy atom. The van der Waals surface area contributed by atoms with E-state index in [-0.39, 0.29) is 11.4 Å². The van der Waals surface area contributed by atoms with Crippen LogP contribution in [0.3, 0.4) is 0 Å². The molecule has 0 atom stereocenters. The average molecular weight is 336 g/mol. The molecule has 0 saturated heterocycles. The van der Waals surface area contributed by atoms with Crippen molar-refractivity contribution in [3.8, 4) is 0 Å². The molecule has 0 unspecified atom stereocenters. The second-order valence-corrected chi connectivity index (χ2v) is 4.91. The van der Waals surface area contributed by atoms with Crippen molar-refractivity contribution in [2.24, 2.45) is 0 Å². The van der Waals surface area contributed by atoms with Gasteiger partial charge in [0.15, 0.2) is 0 Å². The molecule has 0 saturated carbocycles. The summed E-state index contributed by atoms with van der Waals surface area (Å²) in [4.78, 5) is 26.4. The van der Waals surface area contributed by atoms with E-state index in [4.69, 9.17) is 0 Å². The maximum absolute atomic E-state index is 12.0. The van der Waals surface area contributed by atoms with Gasteiger partial charge in [-0.25, -0.2) is 4.98 Å². The highest BCUT2D eigenvalue weighted by Gasteiger charge is 2.16. The van der Waals surface area contributed by atoms with Gasteiger partial charge < -0.3 is 5.32 Å². The summed E-state index contributed by atoms with van der Waals surface area (Å²) < 4.78 is 0.607. The number of nitrogens with one attached hydrogen (secondary N) is 1. The van der Waals surface area contributed by atoms with E-state index in [1.54, 1.807) is 31.2 Å². The number of hydrogen-bond acceptors (Lipinski definition) is 4. The molecule has 20 heavy (non-hydrogen) atoms. The van der Waals surface area contributed by atoms with E-state index < -0.39 is 10.8 Å². The van der Waals surface area contributed by atoms with Crippen LogP contribution < -0.4 is 5.32 Å². The normalized spacial score (nSPS) is 10.1. The lowest BCUT2D eigenvalue weighted by Crippen LogP contribution is -2.13. The molecule has 0 spiro atoms. The van der Waals surface area contributed by atoms with E-state index in [2.05, 4.69) is 26.2 Å². The van der Waals surface area contributed by atoms with Gasteiger partial charge in [-0.1, -0.05) is 6.07 Å². The number of hydrogen-bond donors (Lipinski definition) is 1. The Morgan fingerprint density at radius 2 is 2.10 bits per heavy atom. The number of nitro groups is 1. The van der Waals surface area contributed by atoms with E-state index >= 15 is 0 Å². The zero-order chi connectivity index (χ0) is 14.7. The third-order valence-corrected chi connectivity index (χ3v) is 3.06. The third kappa shape index (κ3) is 3.18. The molecule has 1 heterocycles. The molecule has 0 radical (unpaired) electrons. The standard InChI is InChI=1S/C13H10BrN3O3/c1-8-2-4-11(17(19)20)10(6-8)16-13(18)9-3-5-12(14)15-7-9/h2-7H,1H3,(H,16,18). The number of aromatic nitrogens is 1. The number of amides is 1. The molecular formula is C13H10BrN3O3. The van der Waals surface area contributed by atoms with Gasteiger partial charge in [0.05, 0.1) is 10.5 Å². The van der Waals surface area contributed by atoms with Crippen molar-refractivity contribution in [1.29, 1.82) is 0 Å². The molecule has 2 rings (SSSR count). The van der Waals surface area contributed by atoms with Gasteiger partial charge in [-0.3, -0.25) is 14.9 Å². The topological polar surface area (TPSA) is 85.1 Å². The van der Waals surface area contributed by atoms with E-state index in [1.807, 2.05) is 0 Å². The fraction of sp³-hybridized carbons (Fsp3) is 0.0769. The highest BCUT2D eigenvalue weighted by Crippen LogP contribution is 2.25. The number of nitrogens with zero attached hydrogens (tertiary/aromatic N) is 2. The van der Waals surface area contributed by atoms with Gasteiger partial charge >= 0.3 is 0 Å². The number of carbonyl (C=O) groups is 1. The van der Waals surface area contributed by atoms with Gasteiger partial charge in [0.1, 0.15) is 10.3 Å². The quantitative estimate of drug-likeness (QED) is 0.529. The van der Waals surface area contributed by atoms with Gasteiger partial charge in [0.2, 0.25) is 0 Å². The number of anilines is 1. The minimum absolute atomic E-state index is 0.144. The number of benzene rings is 1. The molecule has 7 heteroatoms. The zero-order valence-corrected chi connectivity index (χ0v) is 12.0. The van der Waals surface area contributed by atoms with Crippen molar-refractivity contribution in [2.75, 3.05) is 5.32 Å². The molecule has 1 N–H and O–H groups in total. The summed E-state index contributed by atoms with van der Waals surface area (Å²) in [7, 11) is 0. The largest absolute Gasteiger partial charge is 0.316 e. The van der Waals surface area contributed by atoms with Crippen LogP contribution in [0.5, 0.6) is 0 Å². The molecule has 2 aromatic rings. The smallest absolute Gasteiger partial charge is 0.292 e. The Labute approximate surface area is 123 Å². The first kappa shape index (κ1) is 14.1. The molecule has 0 aliphatic carbocycles. The molecule has 0 aliphatic rings. The van der Waals surface area contributed by atoms with Crippen molar-refractivity contribution in [3.05, 3.63) is 62.4 Å². The number of halogens is 1. The zero-order valence-electron chi connectivity index (χ0n) is 10.5. The number of pyridine rings is 1. The first-order valence-electron chi connectivity index (χ1n) is 5.65. The van der Waals surface area contributed by atoms with Gasteiger partial charge in [0, 0.05) is 12.3 Å². The van der Waals surface area contributed by atoms with Crippen LogP contribution in [0, 0.1) is 17.0 Å². The van der Waals surface area contributed by atoms with E-state index in [9.17, 15) is 14.9 Å². The van der Waals surface area contributed by atoms with Crippen molar-refractivity contribution >= 4 is 33.2 Å². The van der Waals surface area contributed by atoms with Crippen LogP contribution in [-0.4, -0.2) is 15.8 Å². The second kappa shape index (κ2) is 5.79. The van der Waals surface area contributed by atoms with Crippen LogP contribution in [0.25, 0.3) is 0 Å². The lowest BCUT2D eigenvalue weighted by molar-refractivity contribution is -0.383. The summed E-state index contributed by atoms with van der Waals surface area (Å²) in [6.07, 6.45) is 1.39. The summed E-state index contributed by atoms with van der Waals surface area (Å²) in [5.41, 5.74) is 1.17. The van der Waals surface area contributed by atoms with E-state index in [1.165, 1.54) is 12.3 Å². The third-order valence-electron chi connectivity index (χ3n) is 2.59. The molecule has 6 nitrogen and oxygen atoms in total. The van der Waals surface area contributed by atoms with Crippen LogP contribution >= 0.6 is 15.9 Å². The molecule has 1 aromatic heterocycles. The Hall–Kier alpha value is -2.28. The summed E-state index contributed by atoms with van der Waals surface area (Å²) in [5, 5.41) is 13.5. The van der Waals surface area contributed by atoms with Gasteiger partial charge in [0.25, 0.3) is 11.6 Å². The number of aryl methyl sites for hydroxylation is 1. The SMILES string of the molecule is Cc1ccc([N+](=O)[O-])c(NC(=O)c2ccc(Br)nc2)c1. The first-order chi connectivity index (χ1) is 9.47. The maximum atomic E-state index is 12.0. The number of nitro benzene ring substituents is 1. The van der Waals surface area contributed by atoms with Crippen LogP contribution in [0.2, 0.25) is 0 Å². The molecule has 0 aliphatic heterocycles. The average Bonchev–Trinajstić information content (AvgIpc) is 2.39. The highest BCUT2D eigenvalue weighted by atomic mass is 79.9. The van der Waals surface area contributed by atoms with Gasteiger partial charge in [-0.05, 0) is 46.6 Å². The Kier molecular flexibility index (Phi) is 4.09. The molecule has 0 bridgehead atoms. The fourth-order valence-electron chi connectivity index (χ4n) is 1.61. The van der Waals surface area contributed by atoms with E-state index in [0.717, 1.165) is 5.56 Å². The van der Waals surface area contributed by atoms with Crippen molar-refractivity contribution in [1.82, 2.24) is 4.98 Å².